The summed E-state index contributed by atoms with van der Waals surface area (Å²) in [7, 11) is 1.78. The third-order valence-electron chi connectivity index (χ3n) is 3.45. The first kappa shape index (κ1) is 16.9. The minimum absolute atomic E-state index is 0.0992. The highest BCUT2D eigenvalue weighted by Crippen LogP contribution is 2.15. The van der Waals surface area contributed by atoms with Crippen molar-refractivity contribution in [1.29, 1.82) is 0 Å². The maximum atomic E-state index is 12.0. The van der Waals surface area contributed by atoms with Gasteiger partial charge >= 0.3 is 6.03 Å². The Balaban J connectivity index is 1.72. The quantitative estimate of drug-likeness (QED) is 0.829. The molecular formula is C19H24N2O2. The Bertz CT molecular complexity index is 621. The van der Waals surface area contributed by atoms with Gasteiger partial charge in [-0.05, 0) is 42.7 Å². The molecular weight excluding hydrogens is 288 g/mol. The Kier molecular flexibility index (Phi) is 6.03. The fourth-order valence-corrected chi connectivity index (χ4v) is 2.41. The van der Waals surface area contributed by atoms with E-state index in [0.29, 0.717) is 19.7 Å². The van der Waals surface area contributed by atoms with E-state index in [9.17, 15) is 4.79 Å². The molecule has 2 rings (SSSR count). The lowest BCUT2D eigenvalue weighted by molar-refractivity contribution is 0.203. The van der Waals surface area contributed by atoms with Crippen LogP contribution in [0.2, 0.25) is 0 Å². The highest BCUT2D eigenvalue weighted by molar-refractivity contribution is 5.73. The standard InChI is InChI=1S/C19H24N2O2/c1-15-11-16(2)13-18(12-15)23-10-9-20-19(22)21(3)14-17-7-5-4-6-8-17/h4-8,11-13H,9-10,14H2,1-3H3,(H,20,22). The maximum absolute atomic E-state index is 12.0. The van der Waals surface area contributed by atoms with Crippen molar-refractivity contribution in [2.45, 2.75) is 20.4 Å². The van der Waals surface area contributed by atoms with Crippen LogP contribution < -0.4 is 10.1 Å². The first-order valence-corrected chi connectivity index (χ1v) is 7.78. The van der Waals surface area contributed by atoms with Gasteiger partial charge in [0.2, 0.25) is 0 Å². The summed E-state index contributed by atoms with van der Waals surface area (Å²) < 4.78 is 5.68. The fraction of sp³-hybridized carbons (Fsp3) is 0.316. The molecule has 0 atom stereocenters. The molecule has 0 aliphatic carbocycles. The third-order valence-corrected chi connectivity index (χ3v) is 3.45. The van der Waals surface area contributed by atoms with Crippen LogP contribution in [-0.4, -0.2) is 31.1 Å². The number of ether oxygens (including phenoxy) is 1. The molecule has 0 spiro atoms. The van der Waals surface area contributed by atoms with Gasteiger partial charge in [0.1, 0.15) is 12.4 Å². The molecule has 1 N–H and O–H groups in total. The second-order valence-corrected chi connectivity index (χ2v) is 5.75. The van der Waals surface area contributed by atoms with Crippen LogP contribution in [0.25, 0.3) is 0 Å². The summed E-state index contributed by atoms with van der Waals surface area (Å²) in [5, 5.41) is 2.86. The summed E-state index contributed by atoms with van der Waals surface area (Å²) in [5.74, 6) is 0.842. The van der Waals surface area contributed by atoms with Crippen molar-refractivity contribution in [1.82, 2.24) is 10.2 Å². The largest absolute Gasteiger partial charge is 0.492 e. The van der Waals surface area contributed by atoms with Gasteiger partial charge in [-0.1, -0.05) is 36.4 Å². The van der Waals surface area contributed by atoms with Crippen LogP contribution in [0.5, 0.6) is 5.75 Å². The third kappa shape index (κ3) is 5.66. The van der Waals surface area contributed by atoms with Crippen molar-refractivity contribution in [2.24, 2.45) is 0 Å². The molecule has 2 aromatic rings. The average Bonchev–Trinajstić information content (AvgIpc) is 2.51. The Morgan fingerprint density at radius 2 is 1.74 bits per heavy atom. The predicted octanol–water partition coefficient (Wildman–Crippen LogP) is 3.52. The molecule has 0 bridgehead atoms. The van der Waals surface area contributed by atoms with Gasteiger partial charge in [-0.2, -0.15) is 0 Å². The molecule has 4 heteroatoms. The first-order valence-electron chi connectivity index (χ1n) is 7.78. The second-order valence-electron chi connectivity index (χ2n) is 5.75. The van der Waals surface area contributed by atoms with E-state index >= 15 is 0 Å². The van der Waals surface area contributed by atoms with Gasteiger partial charge in [-0.15, -0.1) is 0 Å². The molecule has 0 aliphatic heterocycles. The summed E-state index contributed by atoms with van der Waals surface area (Å²) in [5.41, 5.74) is 3.45. The zero-order valence-electron chi connectivity index (χ0n) is 14.0. The lowest BCUT2D eigenvalue weighted by Gasteiger charge is -2.18. The van der Waals surface area contributed by atoms with Crippen LogP contribution in [0.4, 0.5) is 4.79 Å². The molecule has 0 heterocycles. The molecule has 0 fully saturated rings. The summed E-state index contributed by atoms with van der Waals surface area (Å²) in [4.78, 5) is 13.7. The summed E-state index contributed by atoms with van der Waals surface area (Å²) in [6.45, 7) is 5.60. The Hall–Kier alpha value is -2.49. The predicted molar refractivity (Wildman–Crippen MR) is 92.7 cm³/mol. The number of amides is 2. The number of urea groups is 1. The number of carbonyl (C=O) groups excluding carboxylic acids is 1. The van der Waals surface area contributed by atoms with E-state index in [-0.39, 0.29) is 6.03 Å². The maximum Gasteiger partial charge on any atom is 0.317 e. The topological polar surface area (TPSA) is 41.6 Å². The number of hydrogen-bond donors (Lipinski definition) is 1. The number of nitrogens with zero attached hydrogens (tertiary/aromatic N) is 1. The van der Waals surface area contributed by atoms with Gasteiger partial charge in [-0.3, -0.25) is 0 Å². The van der Waals surface area contributed by atoms with Gasteiger partial charge in [0, 0.05) is 13.6 Å². The minimum Gasteiger partial charge on any atom is -0.492 e. The number of hydrogen-bond acceptors (Lipinski definition) is 2. The summed E-state index contributed by atoms with van der Waals surface area (Å²) in [6.07, 6.45) is 0. The van der Waals surface area contributed by atoms with E-state index in [1.807, 2.05) is 56.3 Å². The molecule has 2 aromatic carbocycles. The fourth-order valence-electron chi connectivity index (χ4n) is 2.41. The highest BCUT2D eigenvalue weighted by atomic mass is 16.5. The van der Waals surface area contributed by atoms with Crippen molar-refractivity contribution in [2.75, 3.05) is 20.2 Å². The van der Waals surface area contributed by atoms with Crippen LogP contribution in [-0.2, 0) is 6.54 Å². The van der Waals surface area contributed by atoms with E-state index in [2.05, 4.69) is 11.4 Å². The average molecular weight is 312 g/mol. The van der Waals surface area contributed by atoms with E-state index in [1.54, 1.807) is 11.9 Å². The minimum atomic E-state index is -0.0992. The molecule has 0 saturated carbocycles. The van der Waals surface area contributed by atoms with E-state index in [0.717, 1.165) is 11.3 Å². The number of carbonyl (C=O) groups is 1. The lowest BCUT2D eigenvalue weighted by atomic mass is 10.1. The normalized spacial score (nSPS) is 10.2. The van der Waals surface area contributed by atoms with Gasteiger partial charge in [-0.25, -0.2) is 4.79 Å². The molecule has 2 amide bonds. The van der Waals surface area contributed by atoms with Crippen LogP contribution in [0.1, 0.15) is 16.7 Å². The van der Waals surface area contributed by atoms with Crippen molar-refractivity contribution in [3.8, 4) is 5.75 Å². The Labute approximate surface area is 138 Å². The first-order chi connectivity index (χ1) is 11.0. The molecule has 122 valence electrons. The Morgan fingerprint density at radius 1 is 1.09 bits per heavy atom. The smallest absolute Gasteiger partial charge is 0.317 e. The van der Waals surface area contributed by atoms with Crippen molar-refractivity contribution in [3.63, 3.8) is 0 Å². The highest BCUT2D eigenvalue weighted by Gasteiger charge is 2.08. The molecule has 0 aromatic heterocycles. The van der Waals surface area contributed by atoms with E-state index in [1.165, 1.54) is 11.1 Å². The lowest BCUT2D eigenvalue weighted by Crippen LogP contribution is -2.38. The van der Waals surface area contributed by atoms with Crippen molar-refractivity contribution < 1.29 is 9.53 Å². The zero-order valence-corrected chi connectivity index (χ0v) is 14.0. The molecule has 0 aliphatic rings. The van der Waals surface area contributed by atoms with Crippen LogP contribution >= 0.6 is 0 Å². The summed E-state index contributed by atoms with van der Waals surface area (Å²) >= 11 is 0. The number of benzene rings is 2. The number of nitrogens with one attached hydrogen (secondary N) is 1. The molecule has 4 nitrogen and oxygen atoms in total. The van der Waals surface area contributed by atoms with Gasteiger partial charge in [0.25, 0.3) is 0 Å². The second kappa shape index (κ2) is 8.22. The number of rotatable bonds is 6. The monoisotopic (exact) mass is 312 g/mol. The molecule has 23 heavy (non-hydrogen) atoms. The SMILES string of the molecule is Cc1cc(C)cc(OCCNC(=O)N(C)Cc2ccccc2)c1. The van der Waals surface area contributed by atoms with Gasteiger partial charge < -0.3 is 15.0 Å². The van der Waals surface area contributed by atoms with Crippen molar-refractivity contribution in [3.05, 3.63) is 65.2 Å². The number of aryl methyl sites for hydroxylation is 2. The van der Waals surface area contributed by atoms with E-state index < -0.39 is 0 Å². The zero-order chi connectivity index (χ0) is 16.7. The van der Waals surface area contributed by atoms with Crippen LogP contribution in [0.3, 0.4) is 0 Å². The van der Waals surface area contributed by atoms with Crippen molar-refractivity contribution >= 4 is 6.03 Å². The van der Waals surface area contributed by atoms with Gasteiger partial charge in [0.05, 0.1) is 6.54 Å². The van der Waals surface area contributed by atoms with Crippen LogP contribution in [0.15, 0.2) is 48.5 Å². The van der Waals surface area contributed by atoms with Gasteiger partial charge in [0.15, 0.2) is 0 Å². The van der Waals surface area contributed by atoms with E-state index in [4.69, 9.17) is 4.74 Å². The van der Waals surface area contributed by atoms with Crippen LogP contribution in [0, 0.1) is 13.8 Å². The molecule has 0 radical (unpaired) electrons. The molecule has 0 saturated heterocycles. The molecule has 0 unspecified atom stereocenters. The summed E-state index contributed by atoms with van der Waals surface area (Å²) in [6, 6.07) is 15.9. The Morgan fingerprint density at radius 3 is 2.39 bits per heavy atom.